The molecule has 0 aliphatic heterocycles. The van der Waals surface area contributed by atoms with Crippen molar-refractivity contribution in [3.05, 3.63) is 29.8 Å². The molecule has 0 aliphatic carbocycles. The van der Waals surface area contributed by atoms with Gasteiger partial charge in [-0.1, -0.05) is 6.07 Å². The van der Waals surface area contributed by atoms with E-state index in [4.69, 9.17) is 5.26 Å². The molecular formula is C13H17N3OS. The van der Waals surface area contributed by atoms with Gasteiger partial charge in [-0.3, -0.25) is 4.79 Å². The Morgan fingerprint density at radius 1 is 1.50 bits per heavy atom. The van der Waals surface area contributed by atoms with Crippen molar-refractivity contribution >= 4 is 23.4 Å². The Hall–Kier alpha value is -1.51. The quantitative estimate of drug-likeness (QED) is 0.795. The summed E-state index contributed by atoms with van der Waals surface area (Å²) in [4.78, 5) is 13.7. The molecule has 5 heteroatoms. The first-order valence-corrected chi connectivity index (χ1v) is 6.80. The van der Waals surface area contributed by atoms with Gasteiger partial charge in [0, 0.05) is 18.0 Å². The Labute approximate surface area is 112 Å². The van der Waals surface area contributed by atoms with E-state index in [0.29, 0.717) is 17.0 Å². The van der Waals surface area contributed by atoms with Crippen LogP contribution in [0.5, 0.6) is 0 Å². The van der Waals surface area contributed by atoms with Crippen LogP contribution in [-0.4, -0.2) is 43.0 Å². The molecule has 4 nitrogen and oxygen atoms in total. The number of hydrogen-bond donors (Lipinski definition) is 1. The summed E-state index contributed by atoms with van der Waals surface area (Å²) < 4.78 is 0. The zero-order valence-corrected chi connectivity index (χ0v) is 11.5. The molecule has 0 spiro atoms. The molecule has 0 aromatic heterocycles. The normalized spacial score (nSPS) is 10.1. The molecule has 96 valence electrons. The maximum atomic E-state index is 11.6. The molecule has 1 amide bonds. The largest absolute Gasteiger partial charge is 0.325 e. The Morgan fingerprint density at radius 2 is 2.28 bits per heavy atom. The number of amides is 1. The van der Waals surface area contributed by atoms with Crippen LogP contribution < -0.4 is 5.32 Å². The summed E-state index contributed by atoms with van der Waals surface area (Å²) in [7, 11) is 4.02. The number of thioether (sulfide) groups is 1. The van der Waals surface area contributed by atoms with Crippen molar-refractivity contribution < 1.29 is 4.79 Å². The molecule has 1 N–H and O–H groups in total. The first kappa shape index (κ1) is 14.6. The van der Waals surface area contributed by atoms with Gasteiger partial charge in [0.1, 0.15) is 0 Å². The standard InChI is InChI=1S/C13H17N3OS/c1-16(2)6-7-18-10-13(17)15-12-5-3-4-11(8-12)9-14/h3-5,8H,6-7,10H2,1-2H3,(H,15,17). The van der Waals surface area contributed by atoms with Gasteiger partial charge in [-0.15, -0.1) is 0 Å². The molecule has 0 aliphatic rings. The summed E-state index contributed by atoms with van der Waals surface area (Å²) in [5.41, 5.74) is 1.22. The molecule has 0 atom stereocenters. The average molecular weight is 263 g/mol. The third-order valence-corrected chi connectivity index (χ3v) is 3.13. The van der Waals surface area contributed by atoms with E-state index in [9.17, 15) is 4.79 Å². The molecule has 1 aromatic carbocycles. The monoisotopic (exact) mass is 263 g/mol. The maximum absolute atomic E-state index is 11.6. The Kier molecular flexibility index (Phi) is 6.26. The van der Waals surface area contributed by atoms with Gasteiger partial charge in [0.2, 0.25) is 5.91 Å². The smallest absolute Gasteiger partial charge is 0.234 e. The van der Waals surface area contributed by atoms with Crippen LogP contribution in [0, 0.1) is 11.3 Å². The number of nitriles is 1. The molecule has 0 saturated heterocycles. The van der Waals surface area contributed by atoms with Gasteiger partial charge >= 0.3 is 0 Å². The van der Waals surface area contributed by atoms with Crippen molar-refractivity contribution in [1.29, 1.82) is 5.26 Å². The molecular weight excluding hydrogens is 246 g/mol. The Morgan fingerprint density at radius 3 is 2.94 bits per heavy atom. The highest BCUT2D eigenvalue weighted by Gasteiger charge is 2.03. The van der Waals surface area contributed by atoms with Gasteiger partial charge in [0.15, 0.2) is 0 Å². The lowest BCUT2D eigenvalue weighted by Gasteiger charge is -2.09. The maximum Gasteiger partial charge on any atom is 0.234 e. The topological polar surface area (TPSA) is 56.1 Å². The van der Waals surface area contributed by atoms with Crippen LogP contribution in [0.2, 0.25) is 0 Å². The van der Waals surface area contributed by atoms with Crippen LogP contribution in [0.25, 0.3) is 0 Å². The van der Waals surface area contributed by atoms with E-state index in [1.54, 1.807) is 36.0 Å². The number of hydrogen-bond acceptors (Lipinski definition) is 4. The molecule has 0 saturated carbocycles. The number of carbonyl (C=O) groups is 1. The minimum atomic E-state index is -0.0335. The third kappa shape index (κ3) is 5.71. The summed E-state index contributed by atoms with van der Waals surface area (Å²) >= 11 is 1.60. The highest BCUT2D eigenvalue weighted by molar-refractivity contribution is 7.99. The van der Waals surface area contributed by atoms with Gasteiger partial charge in [-0.2, -0.15) is 17.0 Å². The van der Waals surface area contributed by atoms with Gasteiger partial charge in [-0.25, -0.2) is 0 Å². The van der Waals surface area contributed by atoms with Crippen molar-refractivity contribution in [3.8, 4) is 6.07 Å². The van der Waals surface area contributed by atoms with Gasteiger partial charge < -0.3 is 10.2 Å². The first-order chi connectivity index (χ1) is 8.61. The van der Waals surface area contributed by atoms with E-state index < -0.39 is 0 Å². The van der Waals surface area contributed by atoms with Crippen molar-refractivity contribution in [1.82, 2.24) is 4.90 Å². The van der Waals surface area contributed by atoms with Crippen LogP contribution in [0.15, 0.2) is 24.3 Å². The molecule has 0 heterocycles. The summed E-state index contributed by atoms with van der Waals surface area (Å²) in [5.74, 6) is 1.33. The van der Waals surface area contributed by atoms with Crippen LogP contribution in [0.1, 0.15) is 5.56 Å². The number of nitrogens with zero attached hydrogens (tertiary/aromatic N) is 2. The van der Waals surface area contributed by atoms with Crippen LogP contribution >= 0.6 is 11.8 Å². The van der Waals surface area contributed by atoms with E-state index in [0.717, 1.165) is 12.3 Å². The fourth-order valence-corrected chi connectivity index (χ4v) is 2.17. The predicted octanol–water partition coefficient (Wildman–Crippen LogP) is 1.79. The zero-order valence-electron chi connectivity index (χ0n) is 10.6. The van der Waals surface area contributed by atoms with E-state index in [2.05, 4.69) is 10.2 Å². The van der Waals surface area contributed by atoms with E-state index >= 15 is 0 Å². The molecule has 0 unspecified atom stereocenters. The first-order valence-electron chi connectivity index (χ1n) is 5.64. The van der Waals surface area contributed by atoms with Crippen molar-refractivity contribution in [2.24, 2.45) is 0 Å². The Bertz CT molecular complexity index is 440. The second-order valence-electron chi connectivity index (χ2n) is 4.10. The summed E-state index contributed by atoms with van der Waals surface area (Å²) in [6.45, 7) is 0.960. The second-order valence-corrected chi connectivity index (χ2v) is 5.20. The highest BCUT2D eigenvalue weighted by Crippen LogP contribution is 2.10. The fraction of sp³-hybridized carbons (Fsp3) is 0.385. The average Bonchev–Trinajstić information content (AvgIpc) is 2.34. The van der Waals surface area contributed by atoms with Crippen LogP contribution in [0.3, 0.4) is 0 Å². The number of anilines is 1. The number of benzene rings is 1. The molecule has 18 heavy (non-hydrogen) atoms. The van der Waals surface area contributed by atoms with E-state index in [1.165, 1.54) is 0 Å². The molecule has 0 fully saturated rings. The molecule has 0 bridgehead atoms. The fourth-order valence-electron chi connectivity index (χ4n) is 1.28. The summed E-state index contributed by atoms with van der Waals surface area (Å²) in [6, 6.07) is 8.96. The number of nitrogens with one attached hydrogen (secondary N) is 1. The SMILES string of the molecule is CN(C)CCSCC(=O)Nc1cccc(C#N)c1. The second kappa shape index (κ2) is 7.75. The van der Waals surface area contributed by atoms with Gasteiger partial charge in [0.05, 0.1) is 17.4 Å². The highest BCUT2D eigenvalue weighted by atomic mass is 32.2. The molecule has 0 radical (unpaired) electrons. The minimum absolute atomic E-state index is 0.0335. The summed E-state index contributed by atoms with van der Waals surface area (Å²) in [6.07, 6.45) is 0. The van der Waals surface area contributed by atoms with Crippen LogP contribution in [-0.2, 0) is 4.79 Å². The van der Waals surface area contributed by atoms with Crippen molar-refractivity contribution in [2.75, 3.05) is 37.5 Å². The number of rotatable bonds is 6. The molecule has 1 rings (SSSR count). The van der Waals surface area contributed by atoms with Crippen LogP contribution in [0.4, 0.5) is 5.69 Å². The number of carbonyl (C=O) groups excluding carboxylic acids is 1. The van der Waals surface area contributed by atoms with Crippen molar-refractivity contribution in [3.63, 3.8) is 0 Å². The predicted molar refractivity (Wildman–Crippen MR) is 75.7 cm³/mol. The van der Waals surface area contributed by atoms with Gasteiger partial charge in [0.25, 0.3) is 0 Å². The summed E-state index contributed by atoms with van der Waals surface area (Å²) in [5, 5.41) is 11.5. The third-order valence-electron chi connectivity index (χ3n) is 2.19. The Balaban J connectivity index is 2.33. The van der Waals surface area contributed by atoms with E-state index in [1.807, 2.05) is 20.2 Å². The van der Waals surface area contributed by atoms with Gasteiger partial charge in [-0.05, 0) is 32.3 Å². The minimum Gasteiger partial charge on any atom is -0.325 e. The van der Waals surface area contributed by atoms with Crippen molar-refractivity contribution in [2.45, 2.75) is 0 Å². The van der Waals surface area contributed by atoms with E-state index in [-0.39, 0.29) is 5.91 Å². The molecule has 1 aromatic rings. The lowest BCUT2D eigenvalue weighted by atomic mass is 10.2. The zero-order chi connectivity index (χ0) is 13.4. The lowest BCUT2D eigenvalue weighted by Crippen LogP contribution is -2.18. The lowest BCUT2D eigenvalue weighted by molar-refractivity contribution is -0.113.